The van der Waals surface area contributed by atoms with Crippen molar-refractivity contribution in [2.75, 3.05) is 6.54 Å². The number of carbonyl (C=O) groups excluding carboxylic acids is 1. The molecule has 1 aliphatic carbocycles. The zero-order chi connectivity index (χ0) is 14.5. The summed E-state index contributed by atoms with van der Waals surface area (Å²) >= 11 is 0. The molecule has 0 radical (unpaired) electrons. The molecule has 20 heavy (non-hydrogen) atoms. The zero-order valence-electron chi connectivity index (χ0n) is 12.4. The lowest BCUT2D eigenvalue weighted by molar-refractivity contribution is 0.0884. The summed E-state index contributed by atoms with van der Waals surface area (Å²) in [5.41, 5.74) is 5.84. The second-order valence-electron chi connectivity index (χ2n) is 5.93. The van der Waals surface area contributed by atoms with Crippen LogP contribution in [0, 0.1) is 11.8 Å². The van der Waals surface area contributed by atoms with Gasteiger partial charge in [0.1, 0.15) is 0 Å². The molecule has 2 atom stereocenters. The zero-order valence-corrected chi connectivity index (χ0v) is 12.4. The Morgan fingerprint density at radius 1 is 1.50 bits per heavy atom. The molecule has 0 spiro atoms. The normalized spacial score (nSPS) is 23.0. The summed E-state index contributed by atoms with van der Waals surface area (Å²) in [6.07, 6.45) is 6.37. The van der Waals surface area contributed by atoms with E-state index in [0.29, 0.717) is 30.6 Å². The van der Waals surface area contributed by atoms with E-state index in [4.69, 9.17) is 5.73 Å². The van der Waals surface area contributed by atoms with Crippen LogP contribution in [0.1, 0.15) is 50.0 Å². The minimum Gasteiger partial charge on any atom is -0.348 e. The van der Waals surface area contributed by atoms with Crippen LogP contribution in [0.4, 0.5) is 0 Å². The first-order chi connectivity index (χ1) is 9.61. The van der Waals surface area contributed by atoms with Gasteiger partial charge < -0.3 is 11.1 Å². The smallest absolute Gasteiger partial charge is 0.273 e. The average Bonchev–Trinajstić information content (AvgIpc) is 2.88. The van der Waals surface area contributed by atoms with Crippen molar-refractivity contribution in [3.8, 4) is 0 Å². The Morgan fingerprint density at radius 3 is 2.95 bits per heavy atom. The molecule has 112 valence electrons. The number of amides is 1. The van der Waals surface area contributed by atoms with E-state index in [2.05, 4.69) is 29.5 Å². The minimum absolute atomic E-state index is 0.120. The molecule has 1 aromatic rings. The highest BCUT2D eigenvalue weighted by Crippen LogP contribution is 2.30. The quantitative estimate of drug-likeness (QED) is 0.847. The molecule has 1 fully saturated rings. The third kappa shape index (κ3) is 3.56. The lowest BCUT2D eigenvalue weighted by Crippen LogP contribution is -2.44. The first-order valence-corrected chi connectivity index (χ1v) is 7.53. The van der Waals surface area contributed by atoms with Crippen molar-refractivity contribution in [1.29, 1.82) is 0 Å². The molecular weight excluding hydrogens is 254 g/mol. The first kappa shape index (κ1) is 15.0. The van der Waals surface area contributed by atoms with Crippen molar-refractivity contribution in [1.82, 2.24) is 20.3 Å². The van der Waals surface area contributed by atoms with Gasteiger partial charge in [0.25, 0.3) is 5.91 Å². The van der Waals surface area contributed by atoms with Gasteiger partial charge in [-0.3, -0.25) is 9.48 Å². The topological polar surface area (TPSA) is 85.8 Å². The third-order valence-corrected chi connectivity index (χ3v) is 4.12. The Labute approximate surface area is 120 Å². The maximum Gasteiger partial charge on any atom is 0.273 e. The second-order valence-corrected chi connectivity index (χ2v) is 5.93. The maximum absolute atomic E-state index is 12.2. The molecule has 0 saturated heterocycles. The van der Waals surface area contributed by atoms with E-state index < -0.39 is 0 Å². The van der Waals surface area contributed by atoms with Crippen molar-refractivity contribution in [2.45, 2.75) is 52.1 Å². The van der Waals surface area contributed by atoms with Crippen LogP contribution in [0.5, 0.6) is 0 Å². The van der Waals surface area contributed by atoms with Crippen LogP contribution in [-0.2, 0) is 6.54 Å². The van der Waals surface area contributed by atoms with E-state index in [0.717, 1.165) is 6.42 Å². The molecule has 1 amide bonds. The molecule has 3 N–H and O–H groups in total. The van der Waals surface area contributed by atoms with E-state index in [1.165, 1.54) is 19.3 Å². The van der Waals surface area contributed by atoms with Gasteiger partial charge in [-0.1, -0.05) is 31.9 Å². The highest BCUT2D eigenvalue weighted by molar-refractivity contribution is 5.92. The Balaban J connectivity index is 1.98. The van der Waals surface area contributed by atoms with Crippen LogP contribution in [0.25, 0.3) is 0 Å². The van der Waals surface area contributed by atoms with Gasteiger partial charge in [-0.15, -0.1) is 5.10 Å². The Bertz CT molecular complexity index is 443. The van der Waals surface area contributed by atoms with Crippen molar-refractivity contribution >= 4 is 5.91 Å². The molecule has 1 aromatic heterocycles. The van der Waals surface area contributed by atoms with Crippen molar-refractivity contribution in [3.05, 3.63) is 11.9 Å². The van der Waals surface area contributed by atoms with Crippen LogP contribution >= 0.6 is 0 Å². The van der Waals surface area contributed by atoms with E-state index in [9.17, 15) is 4.79 Å². The number of hydrogen-bond donors (Lipinski definition) is 2. The molecular formula is C14H25N5O. The van der Waals surface area contributed by atoms with E-state index in [1.807, 2.05) is 0 Å². The monoisotopic (exact) mass is 279 g/mol. The lowest BCUT2D eigenvalue weighted by Gasteiger charge is -2.34. The van der Waals surface area contributed by atoms with Gasteiger partial charge in [0.05, 0.1) is 12.7 Å². The molecule has 1 saturated carbocycles. The summed E-state index contributed by atoms with van der Waals surface area (Å²) in [5, 5.41) is 11.0. The summed E-state index contributed by atoms with van der Waals surface area (Å²) in [6.45, 7) is 5.53. The SMILES string of the molecule is CC(C)C1CCCCC1NC(=O)c1cn(CCN)nn1. The molecule has 2 unspecified atom stereocenters. The van der Waals surface area contributed by atoms with E-state index >= 15 is 0 Å². The highest BCUT2D eigenvalue weighted by Gasteiger charge is 2.29. The van der Waals surface area contributed by atoms with Crippen LogP contribution < -0.4 is 11.1 Å². The molecule has 6 nitrogen and oxygen atoms in total. The van der Waals surface area contributed by atoms with Gasteiger partial charge in [-0.05, 0) is 24.7 Å². The fourth-order valence-corrected chi connectivity index (χ4v) is 3.02. The lowest BCUT2D eigenvalue weighted by atomic mass is 9.78. The highest BCUT2D eigenvalue weighted by atomic mass is 16.2. The van der Waals surface area contributed by atoms with Crippen LogP contribution in [0.2, 0.25) is 0 Å². The minimum atomic E-state index is -0.120. The molecule has 0 aromatic carbocycles. The van der Waals surface area contributed by atoms with E-state index in [-0.39, 0.29) is 11.9 Å². The van der Waals surface area contributed by atoms with Gasteiger partial charge in [-0.2, -0.15) is 0 Å². The Morgan fingerprint density at radius 2 is 2.25 bits per heavy atom. The third-order valence-electron chi connectivity index (χ3n) is 4.12. The molecule has 1 aliphatic rings. The predicted octanol–water partition coefficient (Wildman–Crippen LogP) is 1.18. The maximum atomic E-state index is 12.2. The van der Waals surface area contributed by atoms with Crippen molar-refractivity contribution in [3.63, 3.8) is 0 Å². The largest absolute Gasteiger partial charge is 0.348 e. The number of carbonyl (C=O) groups is 1. The van der Waals surface area contributed by atoms with Crippen molar-refractivity contribution in [2.24, 2.45) is 17.6 Å². The fraction of sp³-hybridized carbons (Fsp3) is 0.786. The number of nitrogens with zero attached hydrogens (tertiary/aromatic N) is 3. The standard InChI is InChI=1S/C14H25N5O/c1-10(2)11-5-3-4-6-12(11)16-14(20)13-9-19(8-7-15)18-17-13/h9-12H,3-8,15H2,1-2H3,(H,16,20). The molecule has 0 aliphatic heterocycles. The summed E-state index contributed by atoms with van der Waals surface area (Å²) in [7, 11) is 0. The summed E-state index contributed by atoms with van der Waals surface area (Å²) in [6, 6.07) is 0.260. The van der Waals surface area contributed by atoms with Crippen LogP contribution in [0.3, 0.4) is 0 Å². The Kier molecular flexibility index (Phi) is 5.11. The molecule has 1 heterocycles. The van der Waals surface area contributed by atoms with Crippen LogP contribution in [0.15, 0.2) is 6.20 Å². The summed E-state index contributed by atoms with van der Waals surface area (Å²) in [4.78, 5) is 12.2. The molecule has 6 heteroatoms. The summed E-state index contributed by atoms with van der Waals surface area (Å²) < 4.78 is 1.61. The predicted molar refractivity (Wildman–Crippen MR) is 77.1 cm³/mol. The van der Waals surface area contributed by atoms with Gasteiger partial charge in [-0.25, -0.2) is 0 Å². The number of rotatable bonds is 5. The van der Waals surface area contributed by atoms with Gasteiger partial charge in [0.2, 0.25) is 0 Å². The van der Waals surface area contributed by atoms with Gasteiger partial charge in [0, 0.05) is 12.6 Å². The second kappa shape index (κ2) is 6.83. The van der Waals surface area contributed by atoms with Crippen LogP contribution in [-0.4, -0.2) is 33.5 Å². The molecule has 2 rings (SSSR count). The summed E-state index contributed by atoms with van der Waals surface area (Å²) in [5.74, 6) is 1.03. The van der Waals surface area contributed by atoms with E-state index in [1.54, 1.807) is 10.9 Å². The number of nitrogens with one attached hydrogen (secondary N) is 1. The van der Waals surface area contributed by atoms with Crippen molar-refractivity contribution < 1.29 is 4.79 Å². The number of aromatic nitrogens is 3. The fourth-order valence-electron chi connectivity index (χ4n) is 3.02. The Hall–Kier alpha value is -1.43. The van der Waals surface area contributed by atoms with Gasteiger partial charge >= 0.3 is 0 Å². The number of hydrogen-bond acceptors (Lipinski definition) is 4. The average molecular weight is 279 g/mol. The number of nitrogens with two attached hydrogens (primary N) is 1. The first-order valence-electron chi connectivity index (χ1n) is 7.53. The van der Waals surface area contributed by atoms with Gasteiger partial charge in [0.15, 0.2) is 5.69 Å². The molecule has 0 bridgehead atoms.